The zero-order chi connectivity index (χ0) is 14.0. The Kier molecular flexibility index (Phi) is 4.04. The molecule has 0 spiro atoms. The summed E-state index contributed by atoms with van der Waals surface area (Å²) in [6.45, 7) is 6.72. The number of aryl methyl sites for hydroxylation is 1. The van der Waals surface area contributed by atoms with E-state index in [0.717, 1.165) is 25.9 Å². The van der Waals surface area contributed by atoms with Crippen molar-refractivity contribution in [2.75, 3.05) is 24.5 Å². The van der Waals surface area contributed by atoms with Gasteiger partial charge >= 0.3 is 5.82 Å². The van der Waals surface area contributed by atoms with Crippen LogP contribution in [0.4, 0.5) is 11.6 Å². The van der Waals surface area contributed by atoms with Gasteiger partial charge in [0.25, 0.3) is 0 Å². The second-order valence-electron chi connectivity index (χ2n) is 5.00. The Hall–Kier alpha value is -1.63. The minimum atomic E-state index is -0.388. The highest BCUT2D eigenvalue weighted by atomic mass is 16.6. The molecule has 1 saturated heterocycles. The molecule has 1 atom stereocenters. The number of imidazole rings is 1. The maximum atomic E-state index is 11.2. The zero-order valence-electron chi connectivity index (χ0n) is 11.5. The summed E-state index contributed by atoms with van der Waals surface area (Å²) in [6.07, 6.45) is 2.12. The van der Waals surface area contributed by atoms with Crippen LogP contribution in [0.15, 0.2) is 0 Å². The lowest BCUT2D eigenvalue weighted by atomic mass is 9.98. The Morgan fingerprint density at radius 2 is 2.32 bits per heavy atom. The van der Waals surface area contributed by atoms with E-state index < -0.39 is 0 Å². The molecule has 1 fully saturated rings. The van der Waals surface area contributed by atoms with Crippen LogP contribution in [0.25, 0.3) is 0 Å². The largest absolute Gasteiger partial charge is 0.406 e. The monoisotopic (exact) mass is 267 g/mol. The van der Waals surface area contributed by atoms with Crippen molar-refractivity contribution in [3.8, 4) is 0 Å². The Labute approximate surface area is 112 Å². The lowest BCUT2D eigenvalue weighted by molar-refractivity contribution is -0.388. The molecule has 0 amide bonds. The number of aromatic nitrogens is 2. The molecule has 106 valence electrons. The Morgan fingerprint density at radius 1 is 1.58 bits per heavy atom. The van der Waals surface area contributed by atoms with Crippen molar-refractivity contribution in [3.05, 3.63) is 15.9 Å². The van der Waals surface area contributed by atoms with Gasteiger partial charge in [-0.3, -0.25) is 4.57 Å². The number of nitrogens with two attached hydrogens (primary N) is 1. The quantitative estimate of drug-likeness (QED) is 0.656. The minimum Gasteiger partial charge on any atom is -0.358 e. The topological polar surface area (TPSA) is 90.2 Å². The maximum Gasteiger partial charge on any atom is 0.406 e. The Morgan fingerprint density at radius 3 is 2.89 bits per heavy atom. The summed E-state index contributed by atoms with van der Waals surface area (Å²) in [4.78, 5) is 17.0. The molecule has 0 bridgehead atoms. The smallest absolute Gasteiger partial charge is 0.358 e. The summed E-state index contributed by atoms with van der Waals surface area (Å²) < 4.78 is 1.91. The fourth-order valence-corrected chi connectivity index (χ4v) is 2.80. The third-order valence-electron chi connectivity index (χ3n) is 3.76. The van der Waals surface area contributed by atoms with Gasteiger partial charge in [0.15, 0.2) is 0 Å². The second-order valence-corrected chi connectivity index (χ2v) is 5.00. The molecule has 7 heteroatoms. The molecule has 1 unspecified atom stereocenters. The molecule has 0 aromatic carbocycles. The molecular formula is C12H21N5O2. The van der Waals surface area contributed by atoms with E-state index in [1.165, 1.54) is 0 Å². The van der Waals surface area contributed by atoms with Crippen molar-refractivity contribution in [2.24, 2.45) is 11.7 Å². The van der Waals surface area contributed by atoms with E-state index in [2.05, 4.69) is 9.88 Å². The van der Waals surface area contributed by atoms with Crippen molar-refractivity contribution in [1.82, 2.24) is 9.55 Å². The van der Waals surface area contributed by atoms with Crippen molar-refractivity contribution in [1.29, 1.82) is 0 Å². The number of piperidine rings is 1. The van der Waals surface area contributed by atoms with Gasteiger partial charge < -0.3 is 20.7 Å². The lowest BCUT2D eigenvalue weighted by Gasteiger charge is -2.33. The van der Waals surface area contributed by atoms with Gasteiger partial charge in [-0.2, -0.15) is 0 Å². The molecule has 1 aromatic heterocycles. The van der Waals surface area contributed by atoms with E-state index in [0.29, 0.717) is 30.6 Å². The minimum absolute atomic E-state index is 0.0305. The molecule has 0 radical (unpaired) electrons. The highest BCUT2D eigenvalue weighted by Crippen LogP contribution is 2.32. The van der Waals surface area contributed by atoms with Crippen LogP contribution in [0.1, 0.15) is 25.6 Å². The van der Waals surface area contributed by atoms with Crippen molar-refractivity contribution < 1.29 is 4.92 Å². The van der Waals surface area contributed by atoms with Gasteiger partial charge in [0, 0.05) is 26.6 Å². The van der Waals surface area contributed by atoms with Crippen LogP contribution in [-0.2, 0) is 6.54 Å². The van der Waals surface area contributed by atoms with Gasteiger partial charge in [-0.25, -0.2) is 0 Å². The molecule has 2 heterocycles. The van der Waals surface area contributed by atoms with Crippen LogP contribution in [0.3, 0.4) is 0 Å². The van der Waals surface area contributed by atoms with Gasteiger partial charge in [0.2, 0.25) is 11.6 Å². The summed E-state index contributed by atoms with van der Waals surface area (Å²) >= 11 is 0. The van der Waals surface area contributed by atoms with Gasteiger partial charge in [0.05, 0.1) is 0 Å². The number of hydrogen-bond donors (Lipinski definition) is 1. The van der Waals surface area contributed by atoms with Crippen LogP contribution in [0.5, 0.6) is 0 Å². The van der Waals surface area contributed by atoms with E-state index in [9.17, 15) is 10.1 Å². The van der Waals surface area contributed by atoms with Crippen molar-refractivity contribution in [3.63, 3.8) is 0 Å². The van der Waals surface area contributed by atoms with Crippen molar-refractivity contribution >= 4 is 11.6 Å². The van der Waals surface area contributed by atoms with Crippen molar-refractivity contribution in [2.45, 2.75) is 33.2 Å². The summed E-state index contributed by atoms with van der Waals surface area (Å²) in [6, 6.07) is 0. The molecule has 7 nitrogen and oxygen atoms in total. The predicted octanol–water partition coefficient (Wildman–Crippen LogP) is 1.29. The first-order chi connectivity index (χ1) is 9.08. The maximum absolute atomic E-state index is 11.2. The normalized spacial score (nSPS) is 19.7. The molecule has 0 aliphatic carbocycles. The van der Waals surface area contributed by atoms with Gasteiger partial charge in [-0.15, -0.1) is 0 Å². The number of hydrogen-bond acceptors (Lipinski definition) is 5. The molecule has 2 rings (SSSR count). The molecule has 1 aliphatic rings. The van der Waals surface area contributed by atoms with E-state index in [1.807, 2.05) is 18.4 Å². The first-order valence-electron chi connectivity index (χ1n) is 6.75. The molecule has 2 N–H and O–H groups in total. The predicted molar refractivity (Wildman–Crippen MR) is 73.3 cm³/mol. The molecule has 1 aliphatic heterocycles. The van der Waals surface area contributed by atoms with Gasteiger partial charge in [-0.1, -0.05) is 0 Å². The fraction of sp³-hybridized carbons (Fsp3) is 0.750. The van der Waals surface area contributed by atoms with E-state index in [1.54, 1.807) is 0 Å². The molecular weight excluding hydrogens is 246 g/mol. The first-order valence-corrected chi connectivity index (χ1v) is 6.75. The lowest BCUT2D eigenvalue weighted by Crippen LogP contribution is -2.39. The Balaban J connectivity index is 2.39. The summed E-state index contributed by atoms with van der Waals surface area (Å²) in [5, 5.41) is 11.2. The second kappa shape index (κ2) is 5.56. The highest BCUT2D eigenvalue weighted by Gasteiger charge is 2.31. The van der Waals surface area contributed by atoms with Crippen LogP contribution in [0.2, 0.25) is 0 Å². The van der Waals surface area contributed by atoms with Crippen LogP contribution < -0.4 is 10.6 Å². The molecule has 19 heavy (non-hydrogen) atoms. The Bertz CT molecular complexity index is 471. The first kappa shape index (κ1) is 13.8. The SMILES string of the molecule is CCn1c(C)nc([N+](=O)[O-])c1N1CCCC(CN)C1. The summed E-state index contributed by atoms with van der Waals surface area (Å²) in [5.74, 6) is 1.72. The average molecular weight is 267 g/mol. The number of nitro groups is 1. The number of nitrogens with zero attached hydrogens (tertiary/aromatic N) is 4. The highest BCUT2D eigenvalue weighted by molar-refractivity contribution is 5.56. The van der Waals surface area contributed by atoms with Crippen LogP contribution in [0, 0.1) is 23.0 Å². The molecule has 1 aromatic rings. The van der Waals surface area contributed by atoms with Crippen LogP contribution >= 0.6 is 0 Å². The molecule has 0 saturated carbocycles. The van der Waals surface area contributed by atoms with Gasteiger partial charge in [0.1, 0.15) is 0 Å². The average Bonchev–Trinajstić information content (AvgIpc) is 2.75. The van der Waals surface area contributed by atoms with Crippen LogP contribution in [-0.4, -0.2) is 34.1 Å². The fourth-order valence-electron chi connectivity index (χ4n) is 2.80. The standard InChI is InChI=1S/C12H21N5O2/c1-3-16-9(2)14-11(17(18)19)12(16)15-6-4-5-10(7-13)8-15/h10H,3-8,13H2,1-2H3. The third-order valence-corrected chi connectivity index (χ3v) is 3.76. The number of anilines is 1. The summed E-state index contributed by atoms with van der Waals surface area (Å²) in [5.41, 5.74) is 5.73. The van der Waals surface area contributed by atoms with Gasteiger partial charge in [-0.05, 0) is 42.1 Å². The third kappa shape index (κ3) is 2.56. The van der Waals surface area contributed by atoms with E-state index >= 15 is 0 Å². The number of rotatable bonds is 4. The van der Waals surface area contributed by atoms with E-state index in [4.69, 9.17) is 5.73 Å². The van der Waals surface area contributed by atoms with E-state index in [-0.39, 0.29) is 10.7 Å². The zero-order valence-corrected chi connectivity index (χ0v) is 11.5. The summed E-state index contributed by atoms with van der Waals surface area (Å²) in [7, 11) is 0.